The lowest BCUT2D eigenvalue weighted by molar-refractivity contribution is -0.137. The molecule has 1 saturated heterocycles. The number of nitrogens with one attached hydrogen (secondary N) is 2. The first kappa shape index (κ1) is 17.0. The molecule has 1 heterocycles. The number of amides is 3. The molecule has 0 saturated carbocycles. The first-order chi connectivity index (χ1) is 11.0. The predicted molar refractivity (Wildman–Crippen MR) is 88.1 cm³/mol. The summed E-state index contributed by atoms with van der Waals surface area (Å²) in [7, 11) is 1.56. The Balaban J connectivity index is 2.05. The summed E-state index contributed by atoms with van der Waals surface area (Å²) in [6, 6.07) is 6.21. The molecule has 124 valence electrons. The minimum atomic E-state index is -0.524. The van der Waals surface area contributed by atoms with E-state index >= 15 is 0 Å². The first-order valence-electron chi connectivity index (χ1n) is 7.95. The maximum Gasteiger partial charge on any atom is 0.251 e. The van der Waals surface area contributed by atoms with Crippen LogP contribution in [0.5, 0.6) is 0 Å². The van der Waals surface area contributed by atoms with E-state index in [1.807, 2.05) is 0 Å². The topological polar surface area (TPSA) is 78.5 Å². The van der Waals surface area contributed by atoms with Crippen molar-refractivity contribution in [2.45, 2.75) is 38.6 Å². The molecule has 0 bridgehead atoms. The molecule has 1 fully saturated rings. The molecule has 1 aliphatic rings. The minimum absolute atomic E-state index is 0.0317. The van der Waals surface area contributed by atoms with Gasteiger partial charge in [-0.3, -0.25) is 14.4 Å². The third-order valence-corrected chi connectivity index (χ3v) is 4.08. The predicted octanol–water partition coefficient (Wildman–Crippen LogP) is 1.78. The summed E-state index contributed by atoms with van der Waals surface area (Å²) in [6.45, 7) is 2.35. The van der Waals surface area contributed by atoms with Gasteiger partial charge < -0.3 is 15.5 Å². The number of benzene rings is 1. The van der Waals surface area contributed by atoms with Crippen molar-refractivity contribution in [3.63, 3.8) is 0 Å². The van der Waals surface area contributed by atoms with E-state index in [9.17, 15) is 14.4 Å². The second-order valence-corrected chi connectivity index (χ2v) is 5.72. The van der Waals surface area contributed by atoms with Crippen molar-refractivity contribution in [2.75, 3.05) is 18.9 Å². The van der Waals surface area contributed by atoms with E-state index in [4.69, 9.17) is 0 Å². The number of carbonyl (C=O) groups excluding carboxylic acids is 3. The maximum absolute atomic E-state index is 12.4. The van der Waals surface area contributed by atoms with E-state index in [1.165, 1.54) is 0 Å². The lowest BCUT2D eigenvalue weighted by Crippen LogP contribution is -2.45. The van der Waals surface area contributed by atoms with Crippen LogP contribution in [0.15, 0.2) is 24.3 Å². The Hall–Kier alpha value is -2.37. The van der Waals surface area contributed by atoms with Crippen LogP contribution in [-0.4, -0.2) is 42.3 Å². The number of hydrogen-bond acceptors (Lipinski definition) is 3. The standard InChI is InChI=1S/C17H23N3O3/c1-12(20-10-5-3-4-9-15(20)21)16(22)19-14-8-6-7-13(11-14)17(23)18-2/h6-8,11-12H,3-5,9-10H2,1-2H3,(H,18,23)(H,19,22)/t12-/m0/s1. The van der Waals surface area contributed by atoms with Crippen molar-refractivity contribution in [1.29, 1.82) is 0 Å². The zero-order valence-corrected chi connectivity index (χ0v) is 13.6. The fourth-order valence-corrected chi connectivity index (χ4v) is 2.68. The van der Waals surface area contributed by atoms with Gasteiger partial charge in [-0.05, 0) is 38.0 Å². The van der Waals surface area contributed by atoms with Gasteiger partial charge in [0.25, 0.3) is 5.91 Å². The Labute approximate surface area is 136 Å². The fraction of sp³-hybridized carbons (Fsp3) is 0.471. The molecule has 2 rings (SSSR count). The monoisotopic (exact) mass is 317 g/mol. The highest BCUT2D eigenvalue weighted by Gasteiger charge is 2.26. The Morgan fingerprint density at radius 2 is 2.00 bits per heavy atom. The number of hydrogen-bond donors (Lipinski definition) is 2. The molecule has 2 N–H and O–H groups in total. The zero-order valence-electron chi connectivity index (χ0n) is 13.6. The molecular formula is C17H23N3O3. The van der Waals surface area contributed by atoms with Gasteiger partial charge >= 0.3 is 0 Å². The van der Waals surface area contributed by atoms with Crippen LogP contribution in [0.3, 0.4) is 0 Å². The first-order valence-corrected chi connectivity index (χ1v) is 7.95. The van der Waals surface area contributed by atoms with Gasteiger partial charge in [0, 0.05) is 31.3 Å². The number of likely N-dealkylation sites (tertiary alicyclic amines) is 1. The molecule has 0 aromatic heterocycles. The maximum atomic E-state index is 12.4. The molecule has 0 aliphatic carbocycles. The molecular weight excluding hydrogens is 294 g/mol. The van der Waals surface area contributed by atoms with Crippen LogP contribution in [0.1, 0.15) is 43.0 Å². The summed E-state index contributed by atoms with van der Waals surface area (Å²) in [5.74, 6) is -0.421. The molecule has 1 aromatic carbocycles. The van der Waals surface area contributed by atoms with Crippen molar-refractivity contribution >= 4 is 23.4 Å². The van der Waals surface area contributed by atoms with E-state index < -0.39 is 6.04 Å². The van der Waals surface area contributed by atoms with Gasteiger partial charge in [-0.25, -0.2) is 0 Å². The van der Waals surface area contributed by atoms with Crippen molar-refractivity contribution in [3.8, 4) is 0 Å². The summed E-state index contributed by atoms with van der Waals surface area (Å²) in [6.07, 6.45) is 3.34. The molecule has 6 nitrogen and oxygen atoms in total. The third kappa shape index (κ3) is 4.31. The van der Waals surface area contributed by atoms with Crippen LogP contribution in [0.25, 0.3) is 0 Å². The van der Waals surface area contributed by atoms with Crippen LogP contribution in [0, 0.1) is 0 Å². The minimum Gasteiger partial charge on any atom is -0.355 e. The quantitative estimate of drug-likeness (QED) is 0.888. The number of rotatable bonds is 4. The van der Waals surface area contributed by atoms with Crippen LogP contribution in [-0.2, 0) is 9.59 Å². The Kier molecular flexibility index (Phi) is 5.73. The average Bonchev–Trinajstić information content (AvgIpc) is 2.78. The Morgan fingerprint density at radius 1 is 1.22 bits per heavy atom. The van der Waals surface area contributed by atoms with Gasteiger partial charge in [-0.2, -0.15) is 0 Å². The van der Waals surface area contributed by atoms with Gasteiger partial charge in [0.15, 0.2) is 0 Å². The van der Waals surface area contributed by atoms with E-state index in [2.05, 4.69) is 10.6 Å². The van der Waals surface area contributed by atoms with Gasteiger partial charge in [0.1, 0.15) is 6.04 Å². The molecule has 0 unspecified atom stereocenters. The molecule has 0 radical (unpaired) electrons. The SMILES string of the molecule is CNC(=O)c1cccc(NC(=O)[C@H](C)N2CCCCCC2=O)c1. The van der Waals surface area contributed by atoms with Crippen LogP contribution < -0.4 is 10.6 Å². The highest BCUT2D eigenvalue weighted by atomic mass is 16.2. The van der Waals surface area contributed by atoms with Crippen LogP contribution >= 0.6 is 0 Å². The molecule has 1 aliphatic heterocycles. The summed E-state index contributed by atoms with van der Waals surface area (Å²) >= 11 is 0. The van der Waals surface area contributed by atoms with E-state index in [0.717, 1.165) is 19.3 Å². The molecule has 3 amide bonds. The second-order valence-electron chi connectivity index (χ2n) is 5.72. The van der Waals surface area contributed by atoms with Gasteiger partial charge in [0.05, 0.1) is 0 Å². The summed E-state index contributed by atoms with van der Waals surface area (Å²) in [5.41, 5.74) is 1.02. The van der Waals surface area contributed by atoms with Crippen molar-refractivity contribution in [3.05, 3.63) is 29.8 Å². The lowest BCUT2D eigenvalue weighted by Gasteiger charge is -2.27. The lowest BCUT2D eigenvalue weighted by atomic mass is 10.1. The smallest absolute Gasteiger partial charge is 0.251 e. The summed E-state index contributed by atoms with van der Waals surface area (Å²) < 4.78 is 0. The Morgan fingerprint density at radius 3 is 2.74 bits per heavy atom. The molecule has 6 heteroatoms. The number of carbonyl (C=O) groups is 3. The fourth-order valence-electron chi connectivity index (χ4n) is 2.68. The largest absolute Gasteiger partial charge is 0.355 e. The highest BCUT2D eigenvalue weighted by Crippen LogP contribution is 2.16. The number of nitrogens with zero attached hydrogens (tertiary/aromatic N) is 1. The van der Waals surface area contributed by atoms with Crippen LogP contribution in [0.2, 0.25) is 0 Å². The van der Waals surface area contributed by atoms with E-state index in [-0.39, 0.29) is 17.7 Å². The third-order valence-electron chi connectivity index (χ3n) is 4.08. The number of anilines is 1. The average molecular weight is 317 g/mol. The summed E-state index contributed by atoms with van der Waals surface area (Å²) in [5, 5.41) is 5.33. The van der Waals surface area contributed by atoms with Crippen LogP contribution in [0.4, 0.5) is 5.69 Å². The van der Waals surface area contributed by atoms with E-state index in [1.54, 1.807) is 43.1 Å². The van der Waals surface area contributed by atoms with Crippen molar-refractivity contribution in [2.24, 2.45) is 0 Å². The van der Waals surface area contributed by atoms with Crippen molar-refractivity contribution < 1.29 is 14.4 Å². The van der Waals surface area contributed by atoms with Gasteiger partial charge in [-0.15, -0.1) is 0 Å². The van der Waals surface area contributed by atoms with E-state index in [0.29, 0.717) is 24.2 Å². The molecule has 1 atom stereocenters. The van der Waals surface area contributed by atoms with Crippen molar-refractivity contribution in [1.82, 2.24) is 10.2 Å². The zero-order chi connectivity index (χ0) is 16.8. The molecule has 23 heavy (non-hydrogen) atoms. The van der Waals surface area contributed by atoms with Gasteiger partial charge in [0.2, 0.25) is 11.8 Å². The molecule has 0 spiro atoms. The summed E-state index contributed by atoms with van der Waals surface area (Å²) in [4.78, 5) is 37.8. The van der Waals surface area contributed by atoms with Gasteiger partial charge in [-0.1, -0.05) is 12.5 Å². The normalized spacial score (nSPS) is 16.4. The second kappa shape index (κ2) is 7.76. The Bertz CT molecular complexity index is 601. The highest BCUT2D eigenvalue weighted by molar-refractivity contribution is 5.99. The molecule has 1 aromatic rings.